The third-order valence-electron chi connectivity index (χ3n) is 3.73. The van der Waals surface area contributed by atoms with Crippen molar-refractivity contribution >= 4 is 39.5 Å². The van der Waals surface area contributed by atoms with Gasteiger partial charge in [-0.1, -0.05) is 19.1 Å². The highest BCUT2D eigenvalue weighted by Gasteiger charge is 2.32. The van der Waals surface area contributed by atoms with Crippen molar-refractivity contribution in [2.24, 2.45) is 4.99 Å². The van der Waals surface area contributed by atoms with Crippen LogP contribution in [0.15, 0.2) is 34.2 Å². The number of amidine groups is 1. The molecule has 2 N–H and O–H groups in total. The van der Waals surface area contributed by atoms with Gasteiger partial charge in [0, 0.05) is 12.1 Å². The number of hydrogen-bond donors (Lipinski definition) is 2. The number of fused-ring (bicyclic) bond motifs is 1. The summed E-state index contributed by atoms with van der Waals surface area (Å²) >= 11 is 1.53. The Labute approximate surface area is 163 Å². The molecule has 2 rings (SSSR count). The molecule has 1 aliphatic rings. The van der Waals surface area contributed by atoms with E-state index in [1.54, 1.807) is 18.2 Å². The van der Waals surface area contributed by atoms with Crippen LogP contribution in [0.25, 0.3) is 0 Å². The SMILES string of the molecule is CCCNC(=O)COC(=O)[C@H](CCSC)N=C1NS(=O)(=O)c2ccccc21. The summed E-state index contributed by atoms with van der Waals surface area (Å²) in [5.41, 5.74) is 0.417. The topological polar surface area (TPSA) is 114 Å². The molecule has 148 valence electrons. The first-order chi connectivity index (χ1) is 12.9. The van der Waals surface area contributed by atoms with Crippen LogP contribution in [-0.4, -0.2) is 57.3 Å². The van der Waals surface area contributed by atoms with E-state index in [9.17, 15) is 18.0 Å². The van der Waals surface area contributed by atoms with Gasteiger partial charge in [0.15, 0.2) is 12.6 Å². The van der Waals surface area contributed by atoms with Gasteiger partial charge in [0.25, 0.3) is 15.9 Å². The lowest BCUT2D eigenvalue weighted by atomic mass is 10.2. The number of esters is 1. The molecule has 1 amide bonds. The molecule has 1 aromatic carbocycles. The van der Waals surface area contributed by atoms with Crippen molar-refractivity contribution in [2.75, 3.05) is 25.2 Å². The van der Waals surface area contributed by atoms with Crippen LogP contribution < -0.4 is 10.0 Å². The molecule has 0 saturated carbocycles. The van der Waals surface area contributed by atoms with Gasteiger partial charge >= 0.3 is 5.97 Å². The van der Waals surface area contributed by atoms with E-state index in [-0.39, 0.29) is 23.2 Å². The summed E-state index contributed by atoms with van der Waals surface area (Å²) in [7, 11) is -3.68. The molecule has 1 aromatic rings. The van der Waals surface area contributed by atoms with Crippen LogP contribution in [0.3, 0.4) is 0 Å². The van der Waals surface area contributed by atoms with Gasteiger partial charge in [-0.3, -0.25) is 14.5 Å². The number of hydrogen-bond acceptors (Lipinski definition) is 7. The first-order valence-electron chi connectivity index (χ1n) is 8.51. The first kappa shape index (κ1) is 21.2. The van der Waals surface area contributed by atoms with Crippen LogP contribution in [0.5, 0.6) is 0 Å². The number of thioether (sulfide) groups is 1. The fourth-order valence-corrected chi connectivity index (χ4v) is 4.10. The van der Waals surface area contributed by atoms with Gasteiger partial charge in [-0.05, 0) is 37.0 Å². The number of rotatable bonds is 9. The summed E-state index contributed by atoms with van der Waals surface area (Å²) < 4.78 is 31.8. The zero-order chi connectivity index (χ0) is 19.9. The Balaban J connectivity index is 2.16. The van der Waals surface area contributed by atoms with E-state index in [1.165, 1.54) is 17.8 Å². The van der Waals surface area contributed by atoms with Crippen molar-refractivity contribution in [1.82, 2.24) is 10.0 Å². The summed E-state index contributed by atoms with van der Waals surface area (Å²) in [6.07, 6.45) is 3.04. The summed E-state index contributed by atoms with van der Waals surface area (Å²) in [5.74, 6) is -0.295. The molecular weight excluding hydrogens is 390 g/mol. The van der Waals surface area contributed by atoms with E-state index in [4.69, 9.17) is 4.74 Å². The zero-order valence-corrected chi connectivity index (χ0v) is 16.9. The van der Waals surface area contributed by atoms with Crippen molar-refractivity contribution in [1.29, 1.82) is 0 Å². The van der Waals surface area contributed by atoms with Gasteiger partial charge in [0.05, 0.1) is 4.90 Å². The molecule has 1 heterocycles. The third kappa shape index (κ3) is 5.70. The molecule has 0 bridgehead atoms. The Kier molecular flexibility index (Phi) is 7.66. The summed E-state index contributed by atoms with van der Waals surface area (Å²) in [6, 6.07) is 5.52. The largest absolute Gasteiger partial charge is 0.454 e. The number of carbonyl (C=O) groups excluding carboxylic acids is 2. The van der Waals surface area contributed by atoms with Crippen molar-refractivity contribution in [2.45, 2.75) is 30.7 Å². The average molecular weight is 414 g/mol. The molecular formula is C17H23N3O5S2. The minimum Gasteiger partial charge on any atom is -0.454 e. The van der Waals surface area contributed by atoms with Crippen LogP contribution in [0.2, 0.25) is 0 Å². The Morgan fingerprint density at radius 1 is 1.33 bits per heavy atom. The van der Waals surface area contributed by atoms with Gasteiger partial charge in [-0.2, -0.15) is 11.8 Å². The molecule has 10 heteroatoms. The van der Waals surface area contributed by atoms with Crippen LogP contribution in [0.1, 0.15) is 25.3 Å². The van der Waals surface area contributed by atoms with Crippen LogP contribution in [0, 0.1) is 0 Å². The maximum Gasteiger partial charge on any atom is 0.331 e. The molecule has 0 radical (unpaired) electrons. The summed E-state index contributed by atoms with van der Waals surface area (Å²) in [6.45, 7) is 2.04. The third-order valence-corrected chi connectivity index (χ3v) is 5.77. The van der Waals surface area contributed by atoms with Gasteiger partial charge in [0.1, 0.15) is 5.84 Å². The lowest BCUT2D eigenvalue weighted by Gasteiger charge is -2.13. The lowest BCUT2D eigenvalue weighted by Crippen LogP contribution is -2.33. The van der Waals surface area contributed by atoms with Gasteiger partial charge in [-0.15, -0.1) is 0 Å². The predicted octanol–water partition coefficient (Wildman–Crippen LogP) is 0.916. The second kappa shape index (κ2) is 9.75. The second-order valence-corrected chi connectivity index (χ2v) is 8.47. The van der Waals surface area contributed by atoms with E-state index in [2.05, 4.69) is 15.0 Å². The normalized spacial score (nSPS) is 17.0. The number of sulfonamides is 1. The molecule has 0 saturated heterocycles. The number of ether oxygens (including phenoxy) is 1. The molecule has 1 atom stereocenters. The van der Waals surface area contributed by atoms with E-state index >= 15 is 0 Å². The second-order valence-electron chi connectivity index (χ2n) is 5.83. The van der Waals surface area contributed by atoms with E-state index in [0.717, 1.165) is 6.42 Å². The molecule has 0 spiro atoms. The maximum atomic E-state index is 12.4. The first-order valence-corrected chi connectivity index (χ1v) is 11.4. The van der Waals surface area contributed by atoms with Gasteiger partial charge in [0.2, 0.25) is 0 Å². The number of aliphatic imine (C=N–C) groups is 1. The Bertz CT molecular complexity index is 824. The average Bonchev–Trinajstić information content (AvgIpc) is 2.92. The van der Waals surface area contributed by atoms with Crippen molar-refractivity contribution in [3.05, 3.63) is 29.8 Å². The quantitative estimate of drug-likeness (QED) is 0.582. The summed E-state index contributed by atoms with van der Waals surface area (Å²) in [4.78, 5) is 28.4. The standard InChI is InChI=1S/C17H23N3O5S2/c1-3-9-18-15(21)11-25-17(22)13(8-10-26-2)19-16-12-6-4-5-7-14(12)27(23,24)20-16/h4-7,13H,3,8-11H2,1-2H3,(H,18,21)(H,19,20)/t13-/m0/s1. The number of nitrogens with one attached hydrogen (secondary N) is 2. The monoisotopic (exact) mass is 413 g/mol. The van der Waals surface area contributed by atoms with Crippen molar-refractivity contribution in [3.63, 3.8) is 0 Å². The number of amides is 1. The molecule has 8 nitrogen and oxygen atoms in total. The van der Waals surface area contributed by atoms with E-state index in [1.807, 2.05) is 13.2 Å². The Morgan fingerprint density at radius 3 is 2.78 bits per heavy atom. The number of benzene rings is 1. The summed E-state index contributed by atoms with van der Waals surface area (Å²) in [5, 5.41) is 2.62. The molecule has 0 aliphatic carbocycles. The number of carbonyl (C=O) groups is 2. The van der Waals surface area contributed by atoms with Crippen LogP contribution in [0.4, 0.5) is 0 Å². The fourth-order valence-electron chi connectivity index (χ4n) is 2.40. The Morgan fingerprint density at radius 2 is 2.07 bits per heavy atom. The predicted molar refractivity (Wildman–Crippen MR) is 104 cm³/mol. The highest BCUT2D eigenvalue weighted by atomic mass is 32.2. The smallest absolute Gasteiger partial charge is 0.331 e. The molecule has 1 aliphatic heterocycles. The lowest BCUT2D eigenvalue weighted by molar-refractivity contribution is -0.149. The van der Waals surface area contributed by atoms with Crippen molar-refractivity contribution in [3.8, 4) is 0 Å². The zero-order valence-electron chi connectivity index (χ0n) is 15.2. The molecule has 0 aromatic heterocycles. The molecule has 0 unspecified atom stereocenters. The van der Waals surface area contributed by atoms with Gasteiger partial charge < -0.3 is 10.1 Å². The van der Waals surface area contributed by atoms with Gasteiger partial charge in [-0.25, -0.2) is 13.2 Å². The van der Waals surface area contributed by atoms with E-state index in [0.29, 0.717) is 24.3 Å². The minimum absolute atomic E-state index is 0.115. The highest BCUT2D eigenvalue weighted by Crippen LogP contribution is 2.23. The van der Waals surface area contributed by atoms with Crippen LogP contribution in [-0.2, 0) is 24.3 Å². The fraction of sp³-hybridized carbons (Fsp3) is 0.471. The minimum atomic E-state index is -3.68. The van der Waals surface area contributed by atoms with E-state index < -0.39 is 22.0 Å². The molecule has 27 heavy (non-hydrogen) atoms. The Hall–Kier alpha value is -2.07. The van der Waals surface area contributed by atoms with Crippen molar-refractivity contribution < 1.29 is 22.7 Å². The highest BCUT2D eigenvalue weighted by molar-refractivity contribution is 7.98. The van der Waals surface area contributed by atoms with Crippen LogP contribution >= 0.6 is 11.8 Å². The number of nitrogens with zero attached hydrogens (tertiary/aromatic N) is 1. The molecule has 0 fully saturated rings. The maximum absolute atomic E-state index is 12.4.